The van der Waals surface area contributed by atoms with Gasteiger partial charge in [0, 0.05) is 5.56 Å². The molecule has 1 N–H and O–H groups in total. The molecular weight excluding hydrogens is 227 g/mol. The van der Waals surface area contributed by atoms with E-state index in [1.54, 1.807) is 0 Å². The van der Waals surface area contributed by atoms with Crippen LogP contribution in [0.3, 0.4) is 0 Å². The van der Waals surface area contributed by atoms with Gasteiger partial charge in [-0.15, -0.1) is 0 Å². The Labute approximate surface area is 91.2 Å². The fourth-order valence-corrected chi connectivity index (χ4v) is 1.37. The molecule has 3 nitrogen and oxygen atoms in total. The number of methoxy groups -OCH3 is 1. The molecule has 0 aliphatic heterocycles. The smallest absolute Gasteiger partial charge is 0.310 e. The molecule has 0 heterocycles. The molecule has 1 aromatic carbocycles. The Morgan fingerprint density at radius 3 is 2.71 bits per heavy atom. The lowest BCUT2D eigenvalue weighted by atomic mass is 10.1. The van der Waals surface area contributed by atoms with Crippen LogP contribution in [0.2, 0.25) is 10.0 Å². The second kappa shape index (κ2) is 4.53. The van der Waals surface area contributed by atoms with Crippen molar-refractivity contribution in [1.82, 2.24) is 0 Å². The first kappa shape index (κ1) is 11.1. The van der Waals surface area contributed by atoms with E-state index in [0.717, 1.165) is 0 Å². The summed E-state index contributed by atoms with van der Waals surface area (Å²) in [5.41, 5.74) is 0.283. The molecule has 0 radical (unpaired) electrons. The maximum absolute atomic E-state index is 11.0. The van der Waals surface area contributed by atoms with Crippen molar-refractivity contribution in [2.45, 2.75) is 6.42 Å². The lowest BCUT2D eigenvalue weighted by molar-refractivity contribution is -0.139. The topological polar surface area (TPSA) is 46.5 Å². The molecule has 76 valence electrons. The Kier molecular flexibility index (Phi) is 3.61. The van der Waals surface area contributed by atoms with Crippen molar-refractivity contribution in [3.8, 4) is 5.75 Å². The van der Waals surface area contributed by atoms with Crippen LogP contribution < -0.4 is 0 Å². The van der Waals surface area contributed by atoms with Crippen molar-refractivity contribution in [3.63, 3.8) is 0 Å². The van der Waals surface area contributed by atoms with Gasteiger partial charge in [0.25, 0.3) is 0 Å². The first-order valence-electron chi connectivity index (χ1n) is 3.79. The Balaban J connectivity index is 3.06. The van der Waals surface area contributed by atoms with E-state index in [9.17, 15) is 9.90 Å². The van der Waals surface area contributed by atoms with Gasteiger partial charge in [-0.1, -0.05) is 23.2 Å². The molecule has 0 aromatic heterocycles. The summed E-state index contributed by atoms with van der Waals surface area (Å²) in [7, 11) is 1.26. The van der Waals surface area contributed by atoms with Crippen LogP contribution in [0.15, 0.2) is 12.1 Å². The zero-order valence-corrected chi connectivity index (χ0v) is 8.89. The minimum Gasteiger partial charge on any atom is -0.508 e. The van der Waals surface area contributed by atoms with E-state index in [1.165, 1.54) is 19.2 Å². The number of halogens is 2. The number of carbonyl (C=O) groups is 1. The summed E-state index contributed by atoms with van der Waals surface area (Å²) in [6.45, 7) is 0. The molecule has 0 saturated heterocycles. The van der Waals surface area contributed by atoms with E-state index in [-0.39, 0.29) is 22.8 Å². The third kappa shape index (κ3) is 2.30. The standard InChI is InChI=1S/C9H8Cl2O3/c1-14-8(13)4-5-7(12)3-2-6(10)9(5)11/h2-3,12H,4H2,1H3. The molecule has 0 bridgehead atoms. The van der Waals surface area contributed by atoms with Crippen molar-refractivity contribution in [1.29, 1.82) is 0 Å². The predicted octanol–water partition coefficient (Wildman–Crippen LogP) is 2.41. The van der Waals surface area contributed by atoms with Crippen molar-refractivity contribution >= 4 is 29.2 Å². The van der Waals surface area contributed by atoms with E-state index in [2.05, 4.69) is 4.74 Å². The van der Waals surface area contributed by atoms with Gasteiger partial charge in [0.15, 0.2) is 0 Å². The molecule has 0 spiro atoms. The second-order valence-electron chi connectivity index (χ2n) is 2.61. The fraction of sp³-hybridized carbons (Fsp3) is 0.222. The Hall–Kier alpha value is -0.930. The van der Waals surface area contributed by atoms with E-state index in [4.69, 9.17) is 23.2 Å². The fourth-order valence-electron chi connectivity index (χ4n) is 0.967. The van der Waals surface area contributed by atoms with Crippen molar-refractivity contribution in [2.24, 2.45) is 0 Å². The normalized spacial score (nSPS) is 9.93. The van der Waals surface area contributed by atoms with Crippen LogP contribution in [0, 0.1) is 0 Å². The highest BCUT2D eigenvalue weighted by molar-refractivity contribution is 6.42. The van der Waals surface area contributed by atoms with Gasteiger partial charge < -0.3 is 9.84 Å². The van der Waals surface area contributed by atoms with Gasteiger partial charge in [-0.05, 0) is 12.1 Å². The molecule has 1 aromatic rings. The van der Waals surface area contributed by atoms with E-state index in [0.29, 0.717) is 5.02 Å². The predicted molar refractivity (Wildman–Crippen MR) is 53.8 cm³/mol. The number of phenolic OH excluding ortho intramolecular Hbond substituents is 1. The quantitative estimate of drug-likeness (QED) is 0.800. The van der Waals surface area contributed by atoms with E-state index in [1.807, 2.05) is 0 Å². The van der Waals surface area contributed by atoms with Crippen LogP contribution in [0.4, 0.5) is 0 Å². The average molecular weight is 235 g/mol. The van der Waals surface area contributed by atoms with E-state index < -0.39 is 5.97 Å². The molecule has 0 fully saturated rings. The second-order valence-corrected chi connectivity index (χ2v) is 3.40. The first-order chi connectivity index (χ1) is 6.56. The Morgan fingerprint density at radius 1 is 1.50 bits per heavy atom. The zero-order chi connectivity index (χ0) is 10.7. The minimum absolute atomic E-state index is 0.0650. The number of carbonyl (C=O) groups excluding carboxylic acids is 1. The van der Waals surface area contributed by atoms with Crippen LogP contribution >= 0.6 is 23.2 Å². The third-order valence-corrected chi connectivity index (χ3v) is 2.56. The Bertz CT molecular complexity index is 363. The van der Waals surface area contributed by atoms with Gasteiger partial charge >= 0.3 is 5.97 Å². The number of hydrogen-bond acceptors (Lipinski definition) is 3. The summed E-state index contributed by atoms with van der Waals surface area (Å²) in [6.07, 6.45) is -0.0955. The summed E-state index contributed by atoms with van der Waals surface area (Å²) in [4.78, 5) is 11.0. The van der Waals surface area contributed by atoms with Crippen LogP contribution in [-0.4, -0.2) is 18.2 Å². The summed E-state index contributed by atoms with van der Waals surface area (Å²) < 4.78 is 4.45. The summed E-state index contributed by atoms with van der Waals surface area (Å²) >= 11 is 11.5. The van der Waals surface area contributed by atoms with Crippen LogP contribution in [0.25, 0.3) is 0 Å². The molecule has 1 rings (SSSR count). The van der Waals surface area contributed by atoms with Gasteiger partial charge in [0.2, 0.25) is 0 Å². The van der Waals surface area contributed by atoms with Gasteiger partial charge in [0.05, 0.1) is 23.6 Å². The molecule has 0 saturated carbocycles. The first-order valence-corrected chi connectivity index (χ1v) is 4.54. The SMILES string of the molecule is COC(=O)Cc1c(O)ccc(Cl)c1Cl. The van der Waals surface area contributed by atoms with Gasteiger partial charge in [-0.2, -0.15) is 0 Å². The van der Waals surface area contributed by atoms with Crippen molar-refractivity contribution in [2.75, 3.05) is 7.11 Å². The number of esters is 1. The number of benzene rings is 1. The molecule has 0 amide bonds. The molecule has 0 atom stereocenters. The molecule has 0 aliphatic rings. The molecule has 5 heteroatoms. The highest BCUT2D eigenvalue weighted by atomic mass is 35.5. The lowest BCUT2D eigenvalue weighted by Gasteiger charge is -2.06. The minimum atomic E-state index is -0.482. The number of hydrogen-bond donors (Lipinski definition) is 1. The van der Waals surface area contributed by atoms with Gasteiger partial charge in [-0.25, -0.2) is 0 Å². The largest absolute Gasteiger partial charge is 0.508 e. The number of aromatic hydroxyl groups is 1. The zero-order valence-electron chi connectivity index (χ0n) is 7.38. The molecular formula is C9H8Cl2O3. The van der Waals surface area contributed by atoms with Crippen LogP contribution in [-0.2, 0) is 16.0 Å². The molecule has 0 unspecified atom stereocenters. The molecule has 14 heavy (non-hydrogen) atoms. The number of phenols is 1. The monoisotopic (exact) mass is 234 g/mol. The van der Waals surface area contributed by atoms with Crippen molar-refractivity contribution < 1.29 is 14.6 Å². The summed E-state index contributed by atoms with van der Waals surface area (Å²) in [5, 5.41) is 9.88. The van der Waals surface area contributed by atoms with Gasteiger partial charge in [-0.3, -0.25) is 4.79 Å². The summed E-state index contributed by atoms with van der Waals surface area (Å²) in [5.74, 6) is -0.547. The Morgan fingerprint density at radius 2 is 2.14 bits per heavy atom. The van der Waals surface area contributed by atoms with Gasteiger partial charge in [0.1, 0.15) is 5.75 Å². The highest BCUT2D eigenvalue weighted by Gasteiger charge is 2.14. The molecule has 0 aliphatic carbocycles. The number of ether oxygens (including phenoxy) is 1. The number of rotatable bonds is 2. The highest BCUT2D eigenvalue weighted by Crippen LogP contribution is 2.32. The van der Waals surface area contributed by atoms with Crippen LogP contribution in [0.5, 0.6) is 5.75 Å². The third-order valence-electron chi connectivity index (χ3n) is 1.72. The van der Waals surface area contributed by atoms with Crippen molar-refractivity contribution in [3.05, 3.63) is 27.7 Å². The van der Waals surface area contributed by atoms with E-state index >= 15 is 0 Å². The lowest BCUT2D eigenvalue weighted by Crippen LogP contribution is -2.05. The maximum Gasteiger partial charge on any atom is 0.310 e. The maximum atomic E-state index is 11.0. The summed E-state index contributed by atoms with van der Waals surface area (Å²) in [6, 6.07) is 2.84. The average Bonchev–Trinajstić information content (AvgIpc) is 2.18. The van der Waals surface area contributed by atoms with Crippen LogP contribution in [0.1, 0.15) is 5.56 Å².